The molecule has 2 N–H and O–H groups in total. The van der Waals surface area contributed by atoms with Crippen molar-refractivity contribution in [3.05, 3.63) is 23.4 Å². The van der Waals surface area contributed by atoms with Crippen LogP contribution in [0.5, 0.6) is 5.88 Å². The van der Waals surface area contributed by atoms with Crippen LogP contribution in [-0.2, 0) is 4.79 Å². The first-order valence-electron chi connectivity index (χ1n) is 6.46. The molecule has 6 heteroatoms. The maximum absolute atomic E-state index is 11.5. The highest BCUT2D eigenvalue weighted by Crippen LogP contribution is 2.27. The van der Waals surface area contributed by atoms with E-state index in [1.807, 2.05) is 0 Å². The molecule has 1 aliphatic carbocycles. The summed E-state index contributed by atoms with van der Waals surface area (Å²) >= 11 is 5.88. The van der Waals surface area contributed by atoms with Crippen LogP contribution in [0.3, 0.4) is 0 Å². The molecule has 1 heterocycles. The third-order valence-corrected chi connectivity index (χ3v) is 3.09. The van der Waals surface area contributed by atoms with E-state index >= 15 is 0 Å². The molecule has 2 rings (SSSR count). The maximum Gasteiger partial charge on any atom is 0.234 e. The van der Waals surface area contributed by atoms with Gasteiger partial charge in [0.25, 0.3) is 0 Å². The van der Waals surface area contributed by atoms with Crippen LogP contribution in [0.2, 0.25) is 5.02 Å². The molecular weight excluding hydrogens is 266 g/mol. The minimum absolute atomic E-state index is 0.0173. The van der Waals surface area contributed by atoms with Crippen molar-refractivity contribution < 1.29 is 9.53 Å². The zero-order valence-corrected chi connectivity index (χ0v) is 11.4. The lowest BCUT2D eigenvalue weighted by Crippen LogP contribution is -2.36. The number of hydrogen-bond donors (Lipinski definition) is 2. The zero-order chi connectivity index (χ0) is 13.5. The summed E-state index contributed by atoms with van der Waals surface area (Å²) in [5, 5.41) is 6.37. The molecule has 5 nitrogen and oxygen atoms in total. The summed E-state index contributed by atoms with van der Waals surface area (Å²) in [6.07, 6.45) is 4.18. The Hall–Kier alpha value is -1.33. The Morgan fingerprint density at radius 2 is 2.37 bits per heavy atom. The monoisotopic (exact) mass is 283 g/mol. The van der Waals surface area contributed by atoms with Crippen LogP contribution in [0.25, 0.3) is 0 Å². The predicted molar refractivity (Wildman–Crippen MR) is 73.3 cm³/mol. The number of hydrogen-bond acceptors (Lipinski definition) is 4. The van der Waals surface area contributed by atoms with Gasteiger partial charge in [0.15, 0.2) is 0 Å². The van der Waals surface area contributed by atoms with Crippen LogP contribution in [0.1, 0.15) is 12.8 Å². The average Bonchev–Trinajstić information content (AvgIpc) is 3.21. The van der Waals surface area contributed by atoms with Gasteiger partial charge in [-0.1, -0.05) is 11.6 Å². The molecule has 1 aromatic heterocycles. The molecule has 1 fully saturated rings. The molecule has 1 aliphatic rings. The van der Waals surface area contributed by atoms with Crippen LogP contribution < -0.4 is 15.4 Å². The van der Waals surface area contributed by atoms with E-state index in [0.29, 0.717) is 30.6 Å². The SMILES string of the molecule is O=C(CNCC1CC1)NCCOc1ncccc1Cl. The van der Waals surface area contributed by atoms with Gasteiger partial charge in [0.2, 0.25) is 11.8 Å². The molecule has 1 amide bonds. The number of carbonyl (C=O) groups excluding carboxylic acids is 1. The number of nitrogens with zero attached hydrogens (tertiary/aromatic N) is 1. The van der Waals surface area contributed by atoms with Gasteiger partial charge in [0.05, 0.1) is 13.1 Å². The van der Waals surface area contributed by atoms with E-state index in [1.165, 1.54) is 12.8 Å². The highest BCUT2D eigenvalue weighted by Gasteiger charge is 2.20. The van der Waals surface area contributed by atoms with Gasteiger partial charge in [-0.15, -0.1) is 0 Å². The fraction of sp³-hybridized carbons (Fsp3) is 0.538. The number of nitrogens with one attached hydrogen (secondary N) is 2. The lowest BCUT2D eigenvalue weighted by atomic mass is 10.4. The van der Waals surface area contributed by atoms with Crippen LogP contribution in [-0.4, -0.2) is 37.1 Å². The van der Waals surface area contributed by atoms with Crippen molar-refractivity contribution in [1.29, 1.82) is 0 Å². The molecule has 104 valence electrons. The predicted octanol–water partition coefficient (Wildman–Crippen LogP) is 1.23. The fourth-order valence-electron chi connectivity index (χ4n) is 1.59. The summed E-state index contributed by atoms with van der Waals surface area (Å²) in [5.41, 5.74) is 0. The van der Waals surface area contributed by atoms with Gasteiger partial charge in [-0.3, -0.25) is 4.79 Å². The fourth-order valence-corrected chi connectivity index (χ4v) is 1.77. The third kappa shape index (κ3) is 5.44. The molecule has 0 atom stereocenters. The van der Waals surface area contributed by atoms with Crippen LogP contribution in [0, 0.1) is 5.92 Å². The highest BCUT2D eigenvalue weighted by atomic mass is 35.5. The summed E-state index contributed by atoms with van der Waals surface area (Å²) in [5.74, 6) is 1.16. The first-order valence-corrected chi connectivity index (χ1v) is 6.84. The van der Waals surface area contributed by atoms with Gasteiger partial charge < -0.3 is 15.4 Å². The molecular formula is C13H18ClN3O2. The van der Waals surface area contributed by atoms with Crippen molar-refractivity contribution in [3.63, 3.8) is 0 Å². The summed E-state index contributed by atoms with van der Waals surface area (Å²) in [6, 6.07) is 3.45. The van der Waals surface area contributed by atoms with Gasteiger partial charge in [-0.25, -0.2) is 4.98 Å². The Bertz CT molecular complexity index is 424. The van der Waals surface area contributed by atoms with Crippen LogP contribution in [0.4, 0.5) is 0 Å². The number of pyridine rings is 1. The first kappa shape index (κ1) is 14.1. The first-order chi connectivity index (χ1) is 9.25. The molecule has 0 radical (unpaired) electrons. The van der Waals surface area contributed by atoms with Gasteiger partial charge in [-0.2, -0.15) is 0 Å². The average molecular weight is 284 g/mol. The van der Waals surface area contributed by atoms with Gasteiger partial charge in [0, 0.05) is 6.20 Å². The molecule has 0 spiro atoms. The smallest absolute Gasteiger partial charge is 0.234 e. The number of ether oxygens (including phenoxy) is 1. The lowest BCUT2D eigenvalue weighted by Gasteiger charge is -2.08. The minimum Gasteiger partial charge on any atom is -0.475 e. The molecule has 1 aromatic rings. The summed E-state index contributed by atoms with van der Waals surface area (Å²) in [7, 11) is 0. The Morgan fingerprint density at radius 1 is 1.53 bits per heavy atom. The molecule has 0 aliphatic heterocycles. The Morgan fingerprint density at radius 3 is 3.11 bits per heavy atom. The molecule has 0 aromatic carbocycles. The van der Waals surface area contributed by atoms with E-state index in [-0.39, 0.29) is 5.91 Å². The second-order valence-corrected chi connectivity index (χ2v) is 4.97. The van der Waals surface area contributed by atoms with Crippen molar-refractivity contribution >= 4 is 17.5 Å². The standard InChI is InChI=1S/C13H18ClN3O2/c14-11-2-1-5-17-13(11)19-7-6-16-12(18)9-15-8-10-3-4-10/h1-2,5,10,15H,3-4,6-9H2,(H,16,18). The van der Waals surface area contributed by atoms with Crippen molar-refractivity contribution in [2.24, 2.45) is 5.92 Å². The van der Waals surface area contributed by atoms with E-state index in [2.05, 4.69) is 15.6 Å². The Labute approximate surface area is 117 Å². The minimum atomic E-state index is -0.0173. The highest BCUT2D eigenvalue weighted by molar-refractivity contribution is 6.31. The quantitative estimate of drug-likeness (QED) is 0.705. The van der Waals surface area contributed by atoms with Crippen molar-refractivity contribution in [2.45, 2.75) is 12.8 Å². The van der Waals surface area contributed by atoms with E-state index in [4.69, 9.17) is 16.3 Å². The van der Waals surface area contributed by atoms with Gasteiger partial charge >= 0.3 is 0 Å². The molecule has 19 heavy (non-hydrogen) atoms. The van der Waals surface area contributed by atoms with E-state index in [0.717, 1.165) is 12.5 Å². The normalized spacial score (nSPS) is 14.2. The van der Waals surface area contributed by atoms with Crippen molar-refractivity contribution in [2.75, 3.05) is 26.2 Å². The lowest BCUT2D eigenvalue weighted by molar-refractivity contribution is -0.120. The molecule has 1 saturated carbocycles. The van der Waals surface area contributed by atoms with E-state index in [9.17, 15) is 4.79 Å². The summed E-state index contributed by atoms with van der Waals surface area (Å²) in [4.78, 5) is 15.4. The largest absolute Gasteiger partial charge is 0.475 e. The molecule has 0 saturated heterocycles. The molecule has 0 unspecified atom stereocenters. The number of rotatable bonds is 8. The number of halogens is 1. The second-order valence-electron chi connectivity index (χ2n) is 4.56. The van der Waals surface area contributed by atoms with Gasteiger partial charge in [-0.05, 0) is 37.4 Å². The summed E-state index contributed by atoms with van der Waals surface area (Å²) in [6.45, 7) is 2.09. The van der Waals surface area contributed by atoms with Crippen LogP contribution >= 0.6 is 11.6 Å². The topological polar surface area (TPSA) is 63.2 Å². The van der Waals surface area contributed by atoms with Crippen molar-refractivity contribution in [1.82, 2.24) is 15.6 Å². The second kappa shape index (κ2) is 7.31. The Kier molecular flexibility index (Phi) is 5.42. The Balaban J connectivity index is 1.53. The zero-order valence-electron chi connectivity index (χ0n) is 10.7. The number of amides is 1. The maximum atomic E-state index is 11.5. The number of aromatic nitrogens is 1. The van der Waals surface area contributed by atoms with Crippen molar-refractivity contribution in [3.8, 4) is 5.88 Å². The number of carbonyl (C=O) groups is 1. The van der Waals surface area contributed by atoms with Crippen LogP contribution in [0.15, 0.2) is 18.3 Å². The molecule has 0 bridgehead atoms. The summed E-state index contributed by atoms with van der Waals surface area (Å²) < 4.78 is 5.36. The van der Waals surface area contributed by atoms with E-state index < -0.39 is 0 Å². The van der Waals surface area contributed by atoms with Gasteiger partial charge in [0.1, 0.15) is 11.6 Å². The van der Waals surface area contributed by atoms with E-state index in [1.54, 1.807) is 18.3 Å². The third-order valence-electron chi connectivity index (χ3n) is 2.80.